The van der Waals surface area contributed by atoms with E-state index >= 15 is 0 Å². The highest BCUT2D eigenvalue weighted by Gasteiger charge is 2.08. The highest BCUT2D eigenvalue weighted by Crippen LogP contribution is 2.21. The summed E-state index contributed by atoms with van der Waals surface area (Å²) in [5.74, 6) is 0.111. The summed E-state index contributed by atoms with van der Waals surface area (Å²) in [6, 6.07) is 0. The molecule has 0 bridgehead atoms. The predicted molar refractivity (Wildman–Crippen MR) is 59.4 cm³/mol. The van der Waals surface area contributed by atoms with Crippen LogP contribution < -0.4 is 0 Å². The van der Waals surface area contributed by atoms with Crippen LogP contribution in [0.1, 0.15) is 53.4 Å². The molecular formula is C12H24O2. The molecule has 0 aromatic heterocycles. The molecule has 0 aliphatic carbocycles. The fourth-order valence-corrected chi connectivity index (χ4v) is 1.25. The molecule has 0 heterocycles. The molecule has 0 amide bonds. The molecule has 0 radical (unpaired) electrons. The number of rotatable bonds is 7. The SMILES string of the molecule is CC(=O)COCCCCCC(C)(C)C. The Morgan fingerprint density at radius 2 is 1.79 bits per heavy atom. The van der Waals surface area contributed by atoms with Gasteiger partial charge in [0.15, 0.2) is 5.78 Å². The molecule has 84 valence electrons. The van der Waals surface area contributed by atoms with Crippen molar-refractivity contribution in [2.75, 3.05) is 13.2 Å². The zero-order chi connectivity index (χ0) is 11.0. The van der Waals surface area contributed by atoms with Crippen LogP contribution in [0.25, 0.3) is 0 Å². The van der Waals surface area contributed by atoms with Gasteiger partial charge in [0.05, 0.1) is 0 Å². The summed E-state index contributed by atoms with van der Waals surface area (Å²) in [6.07, 6.45) is 4.80. The Bertz CT molecular complexity index is 156. The molecule has 0 aromatic rings. The standard InChI is InChI=1S/C12H24O2/c1-11(13)10-14-9-7-5-6-8-12(2,3)4/h5-10H2,1-4H3. The first kappa shape index (κ1) is 13.6. The van der Waals surface area contributed by atoms with Gasteiger partial charge in [0, 0.05) is 6.61 Å². The lowest BCUT2D eigenvalue weighted by Gasteiger charge is -2.17. The normalized spacial score (nSPS) is 11.7. The van der Waals surface area contributed by atoms with Gasteiger partial charge in [-0.3, -0.25) is 4.79 Å². The van der Waals surface area contributed by atoms with Gasteiger partial charge < -0.3 is 4.74 Å². The lowest BCUT2D eigenvalue weighted by Crippen LogP contribution is -2.06. The number of carbonyl (C=O) groups excluding carboxylic acids is 1. The second-order valence-corrected chi connectivity index (χ2v) is 5.13. The van der Waals surface area contributed by atoms with Crippen LogP contribution >= 0.6 is 0 Å². The maximum absolute atomic E-state index is 10.5. The van der Waals surface area contributed by atoms with Gasteiger partial charge in [0.25, 0.3) is 0 Å². The molecule has 0 saturated heterocycles. The van der Waals surface area contributed by atoms with Crippen molar-refractivity contribution >= 4 is 5.78 Å². The molecule has 2 nitrogen and oxygen atoms in total. The summed E-state index contributed by atoms with van der Waals surface area (Å²) in [5, 5.41) is 0. The second kappa shape index (κ2) is 6.99. The zero-order valence-electron chi connectivity index (χ0n) is 10.1. The Morgan fingerprint density at radius 1 is 1.14 bits per heavy atom. The molecule has 0 atom stereocenters. The number of unbranched alkanes of at least 4 members (excludes halogenated alkanes) is 2. The quantitative estimate of drug-likeness (QED) is 0.590. The molecule has 0 rings (SSSR count). The molecular weight excluding hydrogens is 176 g/mol. The molecule has 2 heteroatoms. The van der Waals surface area contributed by atoms with E-state index in [9.17, 15) is 4.79 Å². The number of ketones is 1. The Morgan fingerprint density at radius 3 is 2.29 bits per heavy atom. The van der Waals surface area contributed by atoms with E-state index in [1.54, 1.807) is 6.92 Å². The van der Waals surface area contributed by atoms with Gasteiger partial charge in [0.2, 0.25) is 0 Å². The summed E-state index contributed by atoms with van der Waals surface area (Å²) in [7, 11) is 0. The highest BCUT2D eigenvalue weighted by atomic mass is 16.5. The average Bonchev–Trinajstić information content (AvgIpc) is 2.00. The lowest BCUT2D eigenvalue weighted by atomic mass is 9.89. The van der Waals surface area contributed by atoms with Crippen molar-refractivity contribution in [1.29, 1.82) is 0 Å². The first-order chi connectivity index (χ1) is 6.42. The molecule has 0 N–H and O–H groups in total. The fourth-order valence-electron chi connectivity index (χ4n) is 1.25. The fraction of sp³-hybridized carbons (Fsp3) is 0.917. The van der Waals surface area contributed by atoms with Crippen molar-refractivity contribution < 1.29 is 9.53 Å². The third kappa shape index (κ3) is 11.6. The summed E-state index contributed by atoms with van der Waals surface area (Å²) >= 11 is 0. The monoisotopic (exact) mass is 200 g/mol. The van der Waals surface area contributed by atoms with Crippen molar-refractivity contribution in [3.63, 3.8) is 0 Å². The Labute approximate surface area is 88.0 Å². The van der Waals surface area contributed by atoms with Crippen molar-refractivity contribution in [1.82, 2.24) is 0 Å². The highest BCUT2D eigenvalue weighted by molar-refractivity contribution is 5.76. The van der Waals surface area contributed by atoms with Gasteiger partial charge in [-0.1, -0.05) is 33.6 Å². The number of hydrogen-bond acceptors (Lipinski definition) is 2. The number of hydrogen-bond donors (Lipinski definition) is 0. The molecule has 0 saturated carbocycles. The number of Topliss-reactive ketones (excluding diaryl/α,β-unsaturated/α-hetero) is 1. The van der Waals surface area contributed by atoms with E-state index < -0.39 is 0 Å². The Kier molecular flexibility index (Phi) is 6.81. The van der Waals surface area contributed by atoms with Gasteiger partial charge in [-0.2, -0.15) is 0 Å². The maximum Gasteiger partial charge on any atom is 0.155 e. The van der Waals surface area contributed by atoms with E-state index in [4.69, 9.17) is 4.74 Å². The van der Waals surface area contributed by atoms with Crippen molar-refractivity contribution in [2.24, 2.45) is 5.41 Å². The van der Waals surface area contributed by atoms with Crippen LogP contribution in [0.15, 0.2) is 0 Å². The minimum Gasteiger partial charge on any atom is -0.374 e. The molecule has 14 heavy (non-hydrogen) atoms. The van der Waals surface area contributed by atoms with Crippen LogP contribution in [0.4, 0.5) is 0 Å². The van der Waals surface area contributed by atoms with Gasteiger partial charge in [-0.15, -0.1) is 0 Å². The Hall–Kier alpha value is -0.370. The van der Waals surface area contributed by atoms with Crippen LogP contribution in [-0.4, -0.2) is 19.0 Å². The minimum absolute atomic E-state index is 0.111. The largest absolute Gasteiger partial charge is 0.374 e. The third-order valence-corrected chi connectivity index (χ3v) is 2.02. The van der Waals surface area contributed by atoms with E-state index in [2.05, 4.69) is 20.8 Å². The molecule has 0 aliphatic rings. The van der Waals surface area contributed by atoms with Crippen molar-refractivity contribution in [2.45, 2.75) is 53.4 Å². The van der Waals surface area contributed by atoms with E-state index in [0.29, 0.717) is 5.41 Å². The zero-order valence-corrected chi connectivity index (χ0v) is 10.1. The topological polar surface area (TPSA) is 26.3 Å². The minimum atomic E-state index is 0.111. The van der Waals surface area contributed by atoms with Crippen LogP contribution in [0.2, 0.25) is 0 Å². The van der Waals surface area contributed by atoms with Crippen LogP contribution in [0.3, 0.4) is 0 Å². The summed E-state index contributed by atoms with van der Waals surface area (Å²) in [6.45, 7) is 9.35. The summed E-state index contributed by atoms with van der Waals surface area (Å²) in [4.78, 5) is 10.5. The van der Waals surface area contributed by atoms with Crippen LogP contribution in [0.5, 0.6) is 0 Å². The number of ether oxygens (including phenoxy) is 1. The van der Waals surface area contributed by atoms with Crippen LogP contribution in [0, 0.1) is 5.41 Å². The summed E-state index contributed by atoms with van der Waals surface area (Å²) < 4.78 is 5.18. The average molecular weight is 200 g/mol. The first-order valence-corrected chi connectivity index (χ1v) is 5.49. The van der Waals surface area contributed by atoms with E-state index in [0.717, 1.165) is 13.0 Å². The molecule has 0 aromatic carbocycles. The predicted octanol–water partition coefficient (Wildman–Crippen LogP) is 3.20. The second-order valence-electron chi connectivity index (χ2n) is 5.13. The summed E-state index contributed by atoms with van der Waals surface area (Å²) in [5.41, 5.74) is 0.445. The van der Waals surface area contributed by atoms with Gasteiger partial charge in [-0.05, 0) is 25.2 Å². The van der Waals surface area contributed by atoms with Gasteiger partial charge in [0.1, 0.15) is 6.61 Å². The van der Waals surface area contributed by atoms with E-state index in [-0.39, 0.29) is 12.4 Å². The van der Waals surface area contributed by atoms with Crippen LogP contribution in [-0.2, 0) is 9.53 Å². The molecule has 0 unspecified atom stereocenters. The van der Waals surface area contributed by atoms with Crippen molar-refractivity contribution in [3.05, 3.63) is 0 Å². The Balaban J connectivity index is 3.11. The molecule has 0 aliphatic heterocycles. The van der Waals surface area contributed by atoms with Crippen molar-refractivity contribution in [3.8, 4) is 0 Å². The first-order valence-electron chi connectivity index (χ1n) is 5.49. The van der Waals surface area contributed by atoms with Gasteiger partial charge in [-0.25, -0.2) is 0 Å². The molecule has 0 fully saturated rings. The third-order valence-electron chi connectivity index (χ3n) is 2.02. The molecule has 0 spiro atoms. The number of carbonyl (C=O) groups is 1. The lowest BCUT2D eigenvalue weighted by molar-refractivity contribution is -0.121. The van der Waals surface area contributed by atoms with E-state index in [1.807, 2.05) is 0 Å². The van der Waals surface area contributed by atoms with Gasteiger partial charge >= 0.3 is 0 Å². The maximum atomic E-state index is 10.5. The van der Waals surface area contributed by atoms with E-state index in [1.165, 1.54) is 19.3 Å². The smallest absolute Gasteiger partial charge is 0.155 e.